The molecule has 5 heteroatoms. The Bertz CT molecular complexity index is 383. The number of rotatable bonds is 5. The second-order valence-corrected chi connectivity index (χ2v) is 4.26. The number of aromatic nitrogens is 1. The van der Waals surface area contributed by atoms with Crippen LogP contribution in [0.1, 0.15) is 23.0 Å². The third kappa shape index (κ3) is 2.95. The summed E-state index contributed by atoms with van der Waals surface area (Å²) in [6.45, 7) is 3.35. The van der Waals surface area contributed by atoms with Crippen LogP contribution < -0.4 is 4.90 Å². The van der Waals surface area contributed by atoms with Gasteiger partial charge in [-0.2, -0.15) is 0 Å². The molecule has 0 atom stereocenters. The molecule has 0 saturated heterocycles. The average molecular weight is 243 g/mol. The van der Waals surface area contributed by atoms with Crippen molar-refractivity contribution in [1.29, 1.82) is 0 Å². The van der Waals surface area contributed by atoms with Crippen molar-refractivity contribution in [1.82, 2.24) is 4.98 Å². The van der Waals surface area contributed by atoms with E-state index in [9.17, 15) is 4.79 Å². The maximum atomic E-state index is 10.6. The van der Waals surface area contributed by atoms with Crippen LogP contribution >= 0.6 is 22.9 Å². The van der Waals surface area contributed by atoms with Crippen LogP contribution in [0.4, 0.5) is 5.13 Å². The van der Waals surface area contributed by atoms with Crippen LogP contribution in [0, 0.1) is 12.3 Å². The summed E-state index contributed by atoms with van der Waals surface area (Å²) in [4.78, 5) is 17.1. The zero-order chi connectivity index (χ0) is 11.3. The number of halogens is 1. The summed E-state index contributed by atoms with van der Waals surface area (Å²) in [6, 6.07) is 0. The number of carbonyl (C=O) groups excluding carboxylic acids is 1. The van der Waals surface area contributed by atoms with E-state index in [1.165, 1.54) is 11.3 Å². The van der Waals surface area contributed by atoms with E-state index in [1.807, 2.05) is 4.90 Å². The Kier molecular flexibility index (Phi) is 4.60. The summed E-state index contributed by atoms with van der Waals surface area (Å²) in [5, 5.41) is 0.963. The molecule has 0 unspecified atom stereocenters. The lowest BCUT2D eigenvalue weighted by molar-refractivity contribution is 0.112. The Morgan fingerprint density at radius 1 is 1.73 bits per heavy atom. The molecule has 0 aliphatic rings. The fraction of sp³-hybridized carbons (Fsp3) is 0.400. The van der Waals surface area contributed by atoms with Gasteiger partial charge in [-0.05, 0) is 6.42 Å². The Morgan fingerprint density at radius 2 is 2.47 bits per heavy atom. The second-order valence-electron chi connectivity index (χ2n) is 2.90. The van der Waals surface area contributed by atoms with Gasteiger partial charge >= 0.3 is 0 Å². The third-order valence-corrected chi connectivity index (χ3v) is 3.19. The van der Waals surface area contributed by atoms with Crippen molar-refractivity contribution >= 4 is 34.4 Å². The number of hydrogen-bond acceptors (Lipinski definition) is 4. The maximum absolute atomic E-state index is 10.6. The number of anilines is 1. The Morgan fingerprint density at radius 3 is 2.93 bits per heavy atom. The minimum absolute atomic E-state index is 0.253. The first-order chi connectivity index (χ1) is 7.22. The standard InChI is InChI=1S/C10H11ClN2OS/c1-3-5-13(6-4-2)10-12-9(11)8(7-14)15-10/h1,7H,4-6H2,2H3. The van der Waals surface area contributed by atoms with Crippen molar-refractivity contribution in [2.45, 2.75) is 13.3 Å². The van der Waals surface area contributed by atoms with Crippen LogP contribution in [-0.4, -0.2) is 24.4 Å². The van der Waals surface area contributed by atoms with Crippen molar-refractivity contribution in [2.75, 3.05) is 18.0 Å². The predicted octanol–water partition coefficient (Wildman–Crippen LogP) is 2.46. The average Bonchev–Trinajstić information content (AvgIpc) is 2.59. The minimum atomic E-state index is 0.253. The van der Waals surface area contributed by atoms with Gasteiger partial charge in [0.1, 0.15) is 4.88 Å². The monoisotopic (exact) mass is 242 g/mol. The van der Waals surface area contributed by atoms with Gasteiger partial charge in [-0.3, -0.25) is 4.79 Å². The largest absolute Gasteiger partial charge is 0.337 e. The van der Waals surface area contributed by atoms with Crippen LogP contribution in [-0.2, 0) is 0 Å². The van der Waals surface area contributed by atoms with E-state index in [2.05, 4.69) is 17.8 Å². The van der Waals surface area contributed by atoms with Gasteiger partial charge in [0, 0.05) is 6.54 Å². The lowest BCUT2D eigenvalue weighted by atomic mass is 10.4. The summed E-state index contributed by atoms with van der Waals surface area (Å²) in [5.41, 5.74) is 0. The van der Waals surface area contributed by atoms with Crippen molar-refractivity contribution in [3.63, 3.8) is 0 Å². The van der Waals surface area contributed by atoms with Crippen LogP contribution in [0.25, 0.3) is 0 Å². The van der Waals surface area contributed by atoms with E-state index in [4.69, 9.17) is 18.0 Å². The quantitative estimate of drug-likeness (QED) is 0.588. The van der Waals surface area contributed by atoms with E-state index in [1.54, 1.807) is 0 Å². The summed E-state index contributed by atoms with van der Waals surface area (Å²) in [6.07, 6.45) is 6.94. The predicted molar refractivity (Wildman–Crippen MR) is 63.8 cm³/mol. The normalized spacial score (nSPS) is 9.67. The van der Waals surface area contributed by atoms with Crippen molar-refractivity contribution in [3.8, 4) is 12.3 Å². The molecular weight excluding hydrogens is 232 g/mol. The molecule has 3 nitrogen and oxygen atoms in total. The highest BCUT2D eigenvalue weighted by molar-refractivity contribution is 7.17. The van der Waals surface area contributed by atoms with E-state index >= 15 is 0 Å². The molecule has 80 valence electrons. The van der Waals surface area contributed by atoms with E-state index in [0.717, 1.165) is 13.0 Å². The molecular formula is C10H11ClN2OS. The molecule has 0 N–H and O–H groups in total. The van der Waals surface area contributed by atoms with Gasteiger partial charge in [-0.25, -0.2) is 4.98 Å². The number of nitrogens with zero attached hydrogens (tertiary/aromatic N) is 2. The number of terminal acetylenes is 1. The molecule has 1 aromatic heterocycles. The Balaban J connectivity index is 2.90. The third-order valence-electron chi connectivity index (χ3n) is 1.75. The molecule has 15 heavy (non-hydrogen) atoms. The van der Waals surface area contributed by atoms with Crippen LogP contribution in [0.15, 0.2) is 0 Å². The van der Waals surface area contributed by atoms with Gasteiger partial charge in [0.05, 0.1) is 6.54 Å². The number of carbonyl (C=O) groups is 1. The molecule has 0 spiro atoms. The van der Waals surface area contributed by atoms with Gasteiger partial charge in [0.2, 0.25) is 0 Å². The first-order valence-corrected chi connectivity index (χ1v) is 5.72. The van der Waals surface area contributed by atoms with Gasteiger partial charge in [0.15, 0.2) is 16.6 Å². The smallest absolute Gasteiger partial charge is 0.188 e. The fourth-order valence-corrected chi connectivity index (χ4v) is 2.22. The molecule has 0 saturated carbocycles. The zero-order valence-corrected chi connectivity index (χ0v) is 9.94. The highest BCUT2D eigenvalue weighted by atomic mass is 35.5. The molecule has 0 aliphatic heterocycles. The highest BCUT2D eigenvalue weighted by Gasteiger charge is 2.13. The van der Waals surface area contributed by atoms with Gasteiger partial charge in [-0.1, -0.05) is 35.8 Å². The molecule has 0 fully saturated rings. The maximum Gasteiger partial charge on any atom is 0.188 e. The number of aldehydes is 1. The molecule has 1 aromatic rings. The number of hydrogen-bond donors (Lipinski definition) is 0. The summed E-state index contributed by atoms with van der Waals surface area (Å²) >= 11 is 7.05. The zero-order valence-electron chi connectivity index (χ0n) is 8.36. The van der Waals surface area contributed by atoms with Gasteiger partial charge in [0.25, 0.3) is 0 Å². The summed E-state index contributed by atoms with van der Waals surface area (Å²) in [5.74, 6) is 2.56. The lowest BCUT2D eigenvalue weighted by Crippen LogP contribution is -2.23. The molecule has 0 bridgehead atoms. The van der Waals surface area contributed by atoms with Gasteiger partial charge < -0.3 is 4.90 Å². The molecule has 0 amide bonds. The van der Waals surface area contributed by atoms with Crippen LogP contribution in [0.3, 0.4) is 0 Å². The SMILES string of the molecule is C#CCN(CCC)c1nc(Cl)c(C=O)s1. The fourth-order valence-electron chi connectivity index (χ4n) is 1.13. The van der Waals surface area contributed by atoms with E-state index in [0.29, 0.717) is 22.8 Å². The van der Waals surface area contributed by atoms with Crippen molar-refractivity contribution in [2.24, 2.45) is 0 Å². The number of thiazole rings is 1. The molecule has 1 rings (SSSR count). The van der Waals surface area contributed by atoms with Crippen LogP contribution in [0.2, 0.25) is 5.15 Å². The topological polar surface area (TPSA) is 33.2 Å². The summed E-state index contributed by atoms with van der Waals surface area (Å²) < 4.78 is 0. The highest BCUT2D eigenvalue weighted by Crippen LogP contribution is 2.28. The summed E-state index contributed by atoms with van der Waals surface area (Å²) in [7, 11) is 0. The van der Waals surface area contributed by atoms with E-state index < -0.39 is 0 Å². The lowest BCUT2D eigenvalue weighted by Gasteiger charge is -2.17. The molecule has 0 aromatic carbocycles. The first-order valence-electron chi connectivity index (χ1n) is 4.52. The molecule has 0 aliphatic carbocycles. The molecule has 0 radical (unpaired) electrons. The van der Waals surface area contributed by atoms with Crippen molar-refractivity contribution < 1.29 is 4.79 Å². The molecule has 1 heterocycles. The Labute approximate surface area is 98.1 Å². The first kappa shape index (κ1) is 12.0. The second kappa shape index (κ2) is 5.74. The van der Waals surface area contributed by atoms with E-state index in [-0.39, 0.29) is 5.15 Å². The minimum Gasteiger partial charge on any atom is -0.337 e. The van der Waals surface area contributed by atoms with Crippen molar-refractivity contribution in [3.05, 3.63) is 10.0 Å². The van der Waals surface area contributed by atoms with Gasteiger partial charge in [-0.15, -0.1) is 6.42 Å². The van der Waals surface area contributed by atoms with Crippen LogP contribution in [0.5, 0.6) is 0 Å². The Hall–Kier alpha value is -1.05.